The zero-order valence-corrected chi connectivity index (χ0v) is 16.6. The Hall–Kier alpha value is -2.31. The number of methoxy groups -OCH3 is 2. The molecule has 6 heteroatoms. The van der Waals surface area contributed by atoms with Crippen molar-refractivity contribution in [2.45, 2.75) is 25.5 Å². The van der Waals surface area contributed by atoms with Crippen LogP contribution in [0.5, 0.6) is 11.5 Å². The van der Waals surface area contributed by atoms with Gasteiger partial charge in [-0.2, -0.15) is 0 Å². The lowest BCUT2D eigenvalue weighted by Gasteiger charge is -2.29. The minimum Gasteiger partial charge on any atom is -0.497 e. The fraction of sp³-hybridized carbons (Fsp3) is 0.381. The number of rotatable bonds is 7. The van der Waals surface area contributed by atoms with Crippen molar-refractivity contribution >= 4 is 23.0 Å². The SMILES string of the molecule is COc1ccc(OC)c(CN(C[C@@H]2CCCO2)C(=S)Nc2ccccc2)c1. The van der Waals surface area contributed by atoms with E-state index in [1.165, 1.54) is 0 Å². The second-order valence-corrected chi connectivity index (χ2v) is 6.88. The predicted molar refractivity (Wildman–Crippen MR) is 112 cm³/mol. The zero-order valence-electron chi connectivity index (χ0n) is 15.8. The standard InChI is InChI=1S/C21H26N2O3S/c1-24-18-10-11-20(25-2)16(13-18)14-23(15-19-9-6-12-26-19)21(27)22-17-7-4-3-5-8-17/h3-5,7-8,10-11,13,19H,6,9,12,14-15H2,1-2H3,(H,22,27)/t19-/m0/s1. The summed E-state index contributed by atoms with van der Waals surface area (Å²) in [5.41, 5.74) is 1.99. The number of ether oxygens (including phenoxy) is 3. The summed E-state index contributed by atoms with van der Waals surface area (Å²) in [6.45, 7) is 2.16. The first-order chi connectivity index (χ1) is 13.2. The number of hydrogen-bond donors (Lipinski definition) is 1. The fourth-order valence-electron chi connectivity index (χ4n) is 3.19. The van der Waals surface area contributed by atoms with Crippen molar-refractivity contribution in [1.82, 2.24) is 4.90 Å². The maximum atomic E-state index is 5.84. The van der Waals surface area contributed by atoms with E-state index in [0.29, 0.717) is 11.7 Å². The van der Waals surface area contributed by atoms with Gasteiger partial charge in [0.15, 0.2) is 5.11 Å². The minimum absolute atomic E-state index is 0.192. The molecule has 3 rings (SSSR count). The van der Waals surface area contributed by atoms with Crippen LogP contribution in [-0.4, -0.2) is 43.5 Å². The highest BCUT2D eigenvalue weighted by atomic mass is 32.1. The Bertz CT molecular complexity index is 748. The quantitative estimate of drug-likeness (QED) is 0.723. The summed E-state index contributed by atoms with van der Waals surface area (Å²) in [5.74, 6) is 1.61. The molecule has 27 heavy (non-hydrogen) atoms. The van der Waals surface area contributed by atoms with E-state index in [1.807, 2.05) is 48.5 Å². The largest absolute Gasteiger partial charge is 0.497 e. The Morgan fingerprint density at radius 3 is 2.67 bits per heavy atom. The van der Waals surface area contributed by atoms with Gasteiger partial charge in [-0.25, -0.2) is 0 Å². The molecule has 0 unspecified atom stereocenters. The molecule has 0 aliphatic carbocycles. The van der Waals surface area contributed by atoms with E-state index in [4.69, 9.17) is 26.4 Å². The van der Waals surface area contributed by atoms with Crippen LogP contribution in [0.25, 0.3) is 0 Å². The molecule has 2 aromatic carbocycles. The Labute approximate surface area is 166 Å². The molecule has 1 atom stereocenters. The van der Waals surface area contributed by atoms with Gasteiger partial charge in [-0.05, 0) is 55.4 Å². The van der Waals surface area contributed by atoms with E-state index >= 15 is 0 Å². The first-order valence-corrected chi connectivity index (χ1v) is 9.54. The van der Waals surface area contributed by atoms with E-state index in [2.05, 4.69) is 10.2 Å². The van der Waals surface area contributed by atoms with Crippen LogP contribution in [0.3, 0.4) is 0 Å². The highest BCUT2D eigenvalue weighted by molar-refractivity contribution is 7.80. The average molecular weight is 387 g/mol. The molecule has 0 amide bonds. The highest BCUT2D eigenvalue weighted by Gasteiger charge is 2.22. The van der Waals surface area contributed by atoms with Gasteiger partial charge in [0.25, 0.3) is 0 Å². The maximum absolute atomic E-state index is 5.84. The fourth-order valence-corrected chi connectivity index (χ4v) is 3.45. The van der Waals surface area contributed by atoms with Gasteiger partial charge in [0, 0.05) is 30.9 Å². The summed E-state index contributed by atoms with van der Waals surface area (Å²) in [7, 11) is 3.34. The van der Waals surface area contributed by atoms with Gasteiger partial charge in [0.1, 0.15) is 11.5 Å². The molecule has 0 saturated carbocycles. The molecule has 0 bridgehead atoms. The third-order valence-corrected chi connectivity index (χ3v) is 4.97. The lowest BCUT2D eigenvalue weighted by Crippen LogP contribution is -2.39. The van der Waals surface area contributed by atoms with E-state index in [9.17, 15) is 0 Å². The molecule has 1 fully saturated rings. The van der Waals surface area contributed by atoms with Gasteiger partial charge in [0.2, 0.25) is 0 Å². The molecule has 0 spiro atoms. The first-order valence-electron chi connectivity index (χ1n) is 9.13. The summed E-state index contributed by atoms with van der Waals surface area (Å²) in [6.07, 6.45) is 2.34. The lowest BCUT2D eigenvalue weighted by molar-refractivity contribution is 0.0903. The van der Waals surface area contributed by atoms with Crippen LogP contribution in [0.2, 0.25) is 0 Å². The van der Waals surface area contributed by atoms with Crippen LogP contribution in [0.4, 0.5) is 5.69 Å². The van der Waals surface area contributed by atoms with Crippen LogP contribution >= 0.6 is 12.2 Å². The van der Waals surface area contributed by atoms with Gasteiger partial charge in [-0.1, -0.05) is 18.2 Å². The van der Waals surface area contributed by atoms with Crippen molar-refractivity contribution in [3.8, 4) is 11.5 Å². The minimum atomic E-state index is 0.192. The highest BCUT2D eigenvalue weighted by Crippen LogP contribution is 2.26. The number of nitrogens with one attached hydrogen (secondary N) is 1. The summed E-state index contributed by atoms with van der Waals surface area (Å²) in [4.78, 5) is 2.13. The third-order valence-electron chi connectivity index (χ3n) is 4.61. The van der Waals surface area contributed by atoms with Crippen molar-refractivity contribution in [3.05, 3.63) is 54.1 Å². The van der Waals surface area contributed by atoms with Crippen LogP contribution in [0, 0.1) is 0 Å². The Morgan fingerprint density at radius 2 is 2.00 bits per heavy atom. The van der Waals surface area contributed by atoms with E-state index in [0.717, 1.165) is 48.7 Å². The summed E-state index contributed by atoms with van der Waals surface area (Å²) in [6, 6.07) is 15.8. The van der Waals surface area contributed by atoms with Crippen LogP contribution < -0.4 is 14.8 Å². The third kappa shape index (κ3) is 5.34. The molecule has 1 aliphatic heterocycles. The van der Waals surface area contributed by atoms with Gasteiger partial charge < -0.3 is 24.4 Å². The van der Waals surface area contributed by atoms with Crippen LogP contribution in [0.15, 0.2) is 48.5 Å². The Kier molecular flexibility index (Phi) is 6.90. The molecule has 1 saturated heterocycles. The first kappa shape index (κ1) is 19.5. The van der Waals surface area contributed by atoms with Gasteiger partial charge in [0.05, 0.1) is 20.3 Å². The summed E-state index contributed by atoms with van der Waals surface area (Å²) < 4.78 is 16.8. The van der Waals surface area contributed by atoms with Gasteiger partial charge in [-0.3, -0.25) is 0 Å². The molecule has 5 nitrogen and oxygen atoms in total. The summed E-state index contributed by atoms with van der Waals surface area (Å²) >= 11 is 5.72. The second kappa shape index (κ2) is 9.58. The number of thiocarbonyl (C=S) groups is 1. The number of benzene rings is 2. The predicted octanol–water partition coefficient (Wildman–Crippen LogP) is 4.08. The average Bonchev–Trinajstić information content (AvgIpc) is 3.21. The molecule has 1 aliphatic rings. The van der Waals surface area contributed by atoms with Crippen molar-refractivity contribution in [1.29, 1.82) is 0 Å². The Morgan fingerprint density at radius 1 is 1.19 bits per heavy atom. The molecule has 1 heterocycles. The van der Waals surface area contributed by atoms with Crippen molar-refractivity contribution < 1.29 is 14.2 Å². The smallest absolute Gasteiger partial charge is 0.173 e. The Balaban J connectivity index is 1.79. The topological polar surface area (TPSA) is 43.0 Å². The van der Waals surface area contributed by atoms with E-state index < -0.39 is 0 Å². The number of nitrogens with zero attached hydrogens (tertiary/aromatic N) is 1. The van der Waals surface area contributed by atoms with Crippen molar-refractivity contribution in [3.63, 3.8) is 0 Å². The molecule has 144 valence electrons. The van der Waals surface area contributed by atoms with Gasteiger partial charge in [-0.15, -0.1) is 0 Å². The molecule has 1 N–H and O–H groups in total. The molecule has 0 aromatic heterocycles. The molecule has 2 aromatic rings. The maximum Gasteiger partial charge on any atom is 0.173 e. The molecular weight excluding hydrogens is 360 g/mol. The number of hydrogen-bond acceptors (Lipinski definition) is 4. The van der Waals surface area contributed by atoms with E-state index in [1.54, 1.807) is 14.2 Å². The number of para-hydroxylation sites is 1. The normalized spacial score (nSPS) is 16.0. The van der Waals surface area contributed by atoms with Gasteiger partial charge >= 0.3 is 0 Å². The monoisotopic (exact) mass is 386 g/mol. The molecular formula is C21H26N2O3S. The zero-order chi connectivity index (χ0) is 19.1. The van der Waals surface area contributed by atoms with Crippen LogP contribution in [0.1, 0.15) is 18.4 Å². The van der Waals surface area contributed by atoms with Crippen molar-refractivity contribution in [2.75, 3.05) is 32.7 Å². The second-order valence-electron chi connectivity index (χ2n) is 6.49. The van der Waals surface area contributed by atoms with Crippen molar-refractivity contribution in [2.24, 2.45) is 0 Å². The lowest BCUT2D eigenvalue weighted by atomic mass is 10.1. The number of anilines is 1. The molecule has 0 radical (unpaired) electrons. The van der Waals surface area contributed by atoms with E-state index in [-0.39, 0.29) is 6.10 Å². The summed E-state index contributed by atoms with van der Waals surface area (Å²) in [5, 5.41) is 4.00. The van der Waals surface area contributed by atoms with Crippen LogP contribution in [-0.2, 0) is 11.3 Å².